The molecule has 5 heteroatoms. The van der Waals surface area contributed by atoms with Crippen LogP contribution in [0.15, 0.2) is 42.5 Å². The summed E-state index contributed by atoms with van der Waals surface area (Å²) in [6.07, 6.45) is 5.87. The summed E-state index contributed by atoms with van der Waals surface area (Å²) in [5, 5.41) is 9.23. The van der Waals surface area contributed by atoms with Gasteiger partial charge in [0.2, 0.25) is 0 Å². The van der Waals surface area contributed by atoms with Crippen LogP contribution in [0.2, 0.25) is 0 Å². The molecule has 0 aromatic heterocycles. The first kappa shape index (κ1) is 18.2. The Morgan fingerprint density at radius 2 is 1.96 bits per heavy atom. The number of aliphatic hydroxyl groups excluding tert-OH is 1. The van der Waals surface area contributed by atoms with E-state index in [9.17, 15) is 14.7 Å². The van der Waals surface area contributed by atoms with E-state index >= 15 is 0 Å². The smallest absolute Gasteiger partial charge is 0.410 e. The maximum absolute atomic E-state index is 12.5. The molecule has 0 unspecified atom stereocenters. The zero-order valence-corrected chi connectivity index (χ0v) is 14.1. The van der Waals surface area contributed by atoms with Gasteiger partial charge in [-0.3, -0.25) is 4.79 Å². The van der Waals surface area contributed by atoms with Crippen molar-refractivity contribution in [2.24, 2.45) is 0 Å². The number of amides is 1. The first-order valence-electron chi connectivity index (χ1n) is 8.38. The van der Waals surface area contributed by atoms with Crippen molar-refractivity contribution in [1.82, 2.24) is 4.90 Å². The topological polar surface area (TPSA) is 66.8 Å². The van der Waals surface area contributed by atoms with E-state index in [0.717, 1.165) is 18.4 Å². The molecule has 1 aromatic rings. The molecule has 2 rings (SSSR count). The number of aliphatic hydroxyl groups is 1. The van der Waals surface area contributed by atoms with E-state index in [1.165, 1.54) is 13.0 Å². The van der Waals surface area contributed by atoms with Gasteiger partial charge in [0.25, 0.3) is 0 Å². The number of carbonyl (C=O) groups is 2. The molecule has 2 atom stereocenters. The van der Waals surface area contributed by atoms with Crippen LogP contribution in [0, 0.1) is 0 Å². The first-order valence-corrected chi connectivity index (χ1v) is 8.38. The molecule has 0 aliphatic carbocycles. The molecule has 1 aliphatic rings. The van der Waals surface area contributed by atoms with E-state index in [4.69, 9.17) is 4.74 Å². The summed E-state index contributed by atoms with van der Waals surface area (Å²) >= 11 is 0. The number of nitrogens with zero attached hydrogens (tertiary/aromatic N) is 1. The highest BCUT2D eigenvalue weighted by Crippen LogP contribution is 2.29. The number of ether oxygens (including phenoxy) is 1. The zero-order chi connectivity index (χ0) is 17.4. The standard InChI is InChI=1S/C19H25NO4/c1-15(22)6-5-9-17-10-11-18(12-13-21)20(17)19(23)24-14-16-7-3-2-4-8-16/h2-8,17-18,21H,9-14H2,1H3/b6-5+/t17-,18+/m0/s1. The molecule has 1 aromatic carbocycles. The Bertz CT molecular complexity index is 570. The fourth-order valence-corrected chi connectivity index (χ4v) is 3.11. The third-order valence-corrected chi connectivity index (χ3v) is 4.26. The molecule has 5 nitrogen and oxygen atoms in total. The Labute approximate surface area is 142 Å². The minimum atomic E-state index is -0.351. The summed E-state index contributed by atoms with van der Waals surface area (Å²) in [6, 6.07) is 9.56. The average Bonchev–Trinajstić information content (AvgIpc) is 2.96. The molecule has 1 N–H and O–H groups in total. The van der Waals surface area contributed by atoms with Crippen LogP contribution in [-0.4, -0.2) is 40.6 Å². The number of rotatable bonds is 7. The van der Waals surface area contributed by atoms with Crippen LogP contribution in [0.25, 0.3) is 0 Å². The van der Waals surface area contributed by atoms with Gasteiger partial charge in [0.05, 0.1) is 0 Å². The molecular weight excluding hydrogens is 306 g/mol. The van der Waals surface area contributed by atoms with Gasteiger partial charge in [0.15, 0.2) is 5.78 Å². The van der Waals surface area contributed by atoms with Gasteiger partial charge < -0.3 is 14.7 Å². The quantitative estimate of drug-likeness (QED) is 0.780. The number of carbonyl (C=O) groups excluding carboxylic acids is 2. The zero-order valence-electron chi connectivity index (χ0n) is 14.1. The van der Waals surface area contributed by atoms with Gasteiger partial charge in [-0.25, -0.2) is 4.79 Å². The summed E-state index contributed by atoms with van der Waals surface area (Å²) in [6.45, 7) is 1.78. The predicted octanol–water partition coefficient (Wildman–Crippen LogP) is 3.07. The van der Waals surface area contributed by atoms with Crippen LogP contribution >= 0.6 is 0 Å². The van der Waals surface area contributed by atoms with Crippen LogP contribution in [-0.2, 0) is 16.1 Å². The third-order valence-electron chi connectivity index (χ3n) is 4.26. The molecule has 0 bridgehead atoms. The van der Waals surface area contributed by atoms with Gasteiger partial charge in [-0.15, -0.1) is 0 Å². The molecule has 1 aliphatic heterocycles. The second kappa shape index (κ2) is 9.23. The maximum Gasteiger partial charge on any atom is 0.410 e. The van der Waals surface area contributed by atoms with E-state index in [1.807, 2.05) is 36.4 Å². The van der Waals surface area contributed by atoms with Crippen LogP contribution in [0.5, 0.6) is 0 Å². The first-order chi connectivity index (χ1) is 11.6. The molecular formula is C19H25NO4. The van der Waals surface area contributed by atoms with Crippen LogP contribution in [0.4, 0.5) is 4.79 Å². The average molecular weight is 331 g/mol. The Balaban J connectivity index is 1.99. The van der Waals surface area contributed by atoms with Crippen molar-refractivity contribution < 1.29 is 19.4 Å². The highest BCUT2D eigenvalue weighted by Gasteiger charge is 2.36. The van der Waals surface area contributed by atoms with Crippen molar-refractivity contribution in [2.75, 3.05) is 6.61 Å². The molecule has 0 spiro atoms. The molecule has 1 fully saturated rings. The fourth-order valence-electron chi connectivity index (χ4n) is 3.11. The van der Waals surface area contributed by atoms with Crippen LogP contribution < -0.4 is 0 Å². The summed E-state index contributed by atoms with van der Waals surface area (Å²) in [7, 11) is 0. The van der Waals surface area contributed by atoms with E-state index in [1.54, 1.807) is 4.90 Å². The molecule has 0 saturated carbocycles. The minimum Gasteiger partial charge on any atom is -0.445 e. The molecule has 0 radical (unpaired) electrons. The Morgan fingerprint density at radius 3 is 2.62 bits per heavy atom. The van der Waals surface area contributed by atoms with Crippen molar-refractivity contribution in [2.45, 2.75) is 51.3 Å². The lowest BCUT2D eigenvalue weighted by molar-refractivity contribution is -0.112. The molecule has 1 amide bonds. The van der Waals surface area contributed by atoms with Crippen molar-refractivity contribution >= 4 is 11.9 Å². The molecule has 24 heavy (non-hydrogen) atoms. The highest BCUT2D eigenvalue weighted by molar-refractivity contribution is 5.87. The minimum absolute atomic E-state index is 0.00175. The lowest BCUT2D eigenvalue weighted by Crippen LogP contribution is -2.41. The SMILES string of the molecule is CC(=O)/C=C/C[C@H]1CC[C@H](CCO)N1C(=O)OCc1ccccc1. The normalized spacial score (nSPS) is 20.5. The predicted molar refractivity (Wildman–Crippen MR) is 91.4 cm³/mol. The van der Waals surface area contributed by atoms with Crippen LogP contribution in [0.3, 0.4) is 0 Å². The third kappa shape index (κ3) is 5.20. The highest BCUT2D eigenvalue weighted by atomic mass is 16.6. The van der Waals surface area contributed by atoms with Gasteiger partial charge in [0, 0.05) is 18.7 Å². The lowest BCUT2D eigenvalue weighted by Gasteiger charge is -2.29. The molecule has 1 heterocycles. The fraction of sp³-hybridized carbons (Fsp3) is 0.474. The largest absolute Gasteiger partial charge is 0.445 e. The monoisotopic (exact) mass is 331 g/mol. The van der Waals surface area contributed by atoms with Crippen LogP contribution in [0.1, 0.15) is 38.2 Å². The second-order valence-corrected chi connectivity index (χ2v) is 6.09. The van der Waals surface area contributed by atoms with Crippen molar-refractivity contribution in [3.63, 3.8) is 0 Å². The second-order valence-electron chi connectivity index (χ2n) is 6.09. The number of hydrogen-bond donors (Lipinski definition) is 1. The summed E-state index contributed by atoms with van der Waals surface area (Å²) in [4.78, 5) is 25.3. The molecule has 130 valence electrons. The van der Waals surface area contributed by atoms with E-state index in [2.05, 4.69) is 0 Å². The van der Waals surface area contributed by atoms with Gasteiger partial charge in [0.1, 0.15) is 6.61 Å². The number of ketones is 1. The summed E-state index contributed by atoms with van der Waals surface area (Å²) in [5.74, 6) is -0.00175. The van der Waals surface area contributed by atoms with Gasteiger partial charge in [-0.1, -0.05) is 36.4 Å². The van der Waals surface area contributed by atoms with Crippen molar-refractivity contribution in [3.8, 4) is 0 Å². The van der Waals surface area contributed by atoms with E-state index in [-0.39, 0.29) is 37.2 Å². The number of benzene rings is 1. The Morgan fingerprint density at radius 1 is 1.25 bits per heavy atom. The maximum atomic E-state index is 12.5. The lowest BCUT2D eigenvalue weighted by atomic mass is 10.1. The van der Waals surface area contributed by atoms with Crippen molar-refractivity contribution in [3.05, 3.63) is 48.0 Å². The molecule has 1 saturated heterocycles. The Hall–Kier alpha value is -2.14. The van der Waals surface area contributed by atoms with Gasteiger partial charge >= 0.3 is 6.09 Å². The van der Waals surface area contributed by atoms with Gasteiger partial charge in [-0.2, -0.15) is 0 Å². The van der Waals surface area contributed by atoms with Crippen molar-refractivity contribution in [1.29, 1.82) is 0 Å². The summed E-state index contributed by atoms with van der Waals surface area (Å²) < 4.78 is 5.46. The van der Waals surface area contributed by atoms with E-state index in [0.29, 0.717) is 12.8 Å². The summed E-state index contributed by atoms with van der Waals surface area (Å²) in [5.41, 5.74) is 0.941. The number of hydrogen-bond acceptors (Lipinski definition) is 4. The van der Waals surface area contributed by atoms with E-state index < -0.39 is 0 Å². The number of likely N-dealkylation sites (tertiary alicyclic amines) is 1. The Kier molecular flexibility index (Phi) is 7.00. The van der Waals surface area contributed by atoms with Gasteiger partial charge in [-0.05, 0) is 44.2 Å². The number of allylic oxidation sites excluding steroid dienone is 1.